The van der Waals surface area contributed by atoms with E-state index in [9.17, 15) is 4.79 Å². The first-order valence-corrected chi connectivity index (χ1v) is 7.24. The van der Waals surface area contributed by atoms with Crippen LogP contribution in [0, 0.1) is 0 Å². The average Bonchev–Trinajstić information content (AvgIpc) is 2.83. The molecular weight excluding hydrogens is 286 g/mol. The highest BCUT2D eigenvalue weighted by atomic mass is 35.5. The third-order valence-electron chi connectivity index (χ3n) is 3.43. The minimum absolute atomic E-state index is 0.130. The Balaban J connectivity index is 2.08. The Morgan fingerprint density at radius 2 is 1.81 bits per heavy atom. The van der Waals surface area contributed by atoms with Gasteiger partial charge in [0.05, 0.1) is 11.8 Å². The fourth-order valence-corrected chi connectivity index (χ4v) is 2.30. The van der Waals surface area contributed by atoms with Gasteiger partial charge in [0.2, 0.25) is 5.22 Å². The van der Waals surface area contributed by atoms with Gasteiger partial charge in [0.25, 0.3) is 5.91 Å². The molecular formula is C17H20ClNO2. The van der Waals surface area contributed by atoms with Gasteiger partial charge in [-0.25, -0.2) is 0 Å². The molecule has 4 heteroatoms. The van der Waals surface area contributed by atoms with Crippen LogP contribution in [-0.2, 0) is 12.0 Å². The number of furan rings is 1. The summed E-state index contributed by atoms with van der Waals surface area (Å²) in [6.45, 7) is 7.07. The molecule has 0 fully saturated rings. The van der Waals surface area contributed by atoms with Crippen molar-refractivity contribution in [1.29, 1.82) is 0 Å². The lowest BCUT2D eigenvalue weighted by Crippen LogP contribution is -2.26. The van der Waals surface area contributed by atoms with E-state index in [1.807, 2.05) is 0 Å². The highest BCUT2D eigenvalue weighted by molar-refractivity contribution is 6.32. The molecule has 2 rings (SSSR count). The molecule has 0 aliphatic carbocycles. The second kappa shape index (κ2) is 5.94. The third-order valence-corrected chi connectivity index (χ3v) is 3.73. The van der Waals surface area contributed by atoms with Crippen LogP contribution in [-0.4, -0.2) is 17.9 Å². The van der Waals surface area contributed by atoms with Gasteiger partial charge >= 0.3 is 0 Å². The minimum Gasteiger partial charge on any atom is -0.452 e. The van der Waals surface area contributed by atoms with Crippen molar-refractivity contribution in [3.8, 4) is 0 Å². The maximum atomic E-state index is 12.2. The average molecular weight is 306 g/mol. The van der Waals surface area contributed by atoms with E-state index in [2.05, 4.69) is 45.0 Å². The first-order chi connectivity index (χ1) is 9.79. The topological polar surface area (TPSA) is 33.5 Å². The molecule has 1 heterocycles. The zero-order valence-electron chi connectivity index (χ0n) is 12.8. The van der Waals surface area contributed by atoms with E-state index in [0.717, 1.165) is 5.56 Å². The number of hydrogen-bond donors (Lipinski definition) is 0. The van der Waals surface area contributed by atoms with Crippen molar-refractivity contribution in [1.82, 2.24) is 4.90 Å². The Kier molecular flexibility index (Phi) is 4.43. The smallest absolute Gasteiger partial charge is 0.258 e. The Hall–Kier alpha value is -1.74. The van der Waals surface area contributed by atoms with Crippen molar-refractivity contribution >= 4 is 17.5 Å². The van der Waals surface area contributed by atoms with Crippen LogP contribution in [0.3, 0.4) is 0 Å². The van der Waals surface area contributed by atoms with Crippen LogP contribution in [0.1, 0.15) is 42.3 Å². The van der Waals surface area contributed by atoms with Gasteiger partial charge in [0, 0.05) is 13.6 Å². The molecule has 0 aliphatic heterocycles. The molecule has 0 radical (unpaired) electrons. The quantitative estimate of drug-likeness (QED) is 0.836. The molecule has 112 valence electrons. The number of halogens is 1. The number of rotatable bonds is 3. The largest absolute Gasteiger partial charge is 0.452 e. The van der Waals surface area contributed by atoms with Crippen molar-refractivity contribution in [2.75, 3.05) is 7.05 Å². The van der Waals surface area contributed by atoms with Gasteiger partial charge < -0.3 is 9.32 Å². The van der Waals surface area contributed by atoms with Gasteiger partial charge in [-0.2, -0.15) is 0 Å². The molecule has 3 nitrogen and oxygen atoms in total. The predicted molar refractivity (Wildman–Crippen MR) is 84.7 cm³/mol. The number of hydrogen-bond acceptors (Lipinski definition) is 2. The number of benzene rings is 1. The van der Waals surface area contributed by atoms with E-state index < -0.39 is 0 Å². The minimum atomic E-state index is -0.145. The van der Waals surface area contributed by atoms with Crippen LogP contribution < -0.4 is 0 Å². The summed E-state index contributed by atoms with van der Waals surface area (Å²) in [6, 6.07) is 9.92. The van der Waals surface area contributed by atoms with Gasteiger partial charge in [-0.3, -0.25) is 4.79 Å². The third kappa shape index (κ3) is 3.67. The fourth-order valence-electron chi connectivity index (χ4n) is 2.11. The van der Waals surface area contributed by atoms with E-state index in [1.165, 1.54) is 11.8 Å². The van der Waals surface area contributed by atoms with E-state index in [4.69, 9.17) is 16.0 Å². The fraction of sp³-hybridized carbons (Fsp3) is 0.353. The SMILES string of the molecule is CN(Cc1ccc(C(C)(C)C)cc1)C(=O)c1ccoc1Cl. The van der Waals surface area contributed by atoms with Gasteiger partial charge in [-0.05, 0) is 34.2 Å². The first-order valence-electron chi connectivity index (χ1n) is 6.87. The van der Waals surface area contributed by atoms with E-state index in [0.29, 0.717) is 12.1 Å². The molecule has 0 unspecified atom stereocenters. The van der Waals surface area contributed by atoms with Crippen LogP contribution in [0.2, 0.25) is 5.22 Å². The summed E-state index contributed by atoms with van der Waals surface area (Å²) in [6.07, 6.45) is 1.42. The Bertz CT molecular complexity index is 623. The highest BCUT2D eigenvalue weighted by Gasteiger charge is 2.18. The lowest BCUT2D eigenvalue weighted by Gasteiger charge is -2.20. The number of amides is 1. The normalized spacial score (nSPS) is 11.5. The molecule has 0 aliphatic rings. The lowest BCUT2D eigenvalue weighted by atomic mass is 9.87. The van der Waals surface area contributed by atoms with Gasteiger partial charge in [0.1, 0.15) is 0 Å². The molecule has 1 amide bonds. The van der Waals surface area contributed by atoms with E-state index >= 15 is 0 Å². The zero-order valence-corrected chi connectivity index (χ0v) is 13.6. The van der Waals surface area contributed by atoms with Crippen LogP contribution in [0.25, 0.3) is 0 Å². The van der Waals surface area contributed by atoms with E-state index in [1.54, 1.807) is 18.0 Å². The summed E-state index contributed by atoms with van der Waals surface area (Å²) in [5.41, 5.74) is 2.88. The molecule has 0 N–H and O–H groups in total. The first kappa shape index (κ1) is 15.6. The van der Waals surface area contributed by atoms with Crippen molar-refractivity contribution in [2.24, 2.45) is 0 Å². The monoisotopic (exact) mass is 305 g/mol. The number of carbonyl (C=O) groups is 1. The second-order valence-corrected chi connectivity index (χ2v) is 6.56. The Morgan fingerprint density at radius 3 is 2.29 bits per heavy atom. The highest BCUT2D eigenvalue weighted by Crippen LogP contribution is 2.23. The summed E-state index contributed by atoms with van der Waals surface area (Å²) < 4.78 is 4.96. The Labute approximate surface area is 130 Å². The summed E-state index contributed by atoms with van der Waals surface area (Å²) in [5, 5.41) is 0.134. The van der Waals surface area contributed by atoms with Gasteiger partial charge in [0.15, 0.2) is 0 Å². The maximum absolute atomic E-state index is 12.2. The number of nitrogens with zero attached hydrogens (tertiary/aromatic N) is 1. The van der Waals surface area contributed by atoms with Crippen LogP contribution in [0.15, 0.2) is 41.0 Å². The van der Waals surface area contributed by atoms with Crippen molar-refractivity contribution in [2.45, 2.75) is 32.7 Å². The molecule has 2 aromatic rings. The van der Waals surface area contributed by atoms with Crippen LogP contribution in [0.5, 0.6) is 0 Å². The van der Waals surface area contributed by atoms with Gasteiger partial charge in [-0.15, -0.1) is 0 Å². The standard InChI is InChI=1S/C17H20ClNO2/c1-17(2,3)13-7-5-12(6-8-13)11-19(4)16(20)14-9-10-21-15(14)18/h5-10H,11H2,1-4H3. The summed E-state index contributed by atoms with van der Waals surface area (Å²) in [4.78, 5) is 13.9. The summed E-state index contributed by atoms with van der Waals surface area (Å²) >= 11 is 5.84. The van der Waals surface area contributed by atoms with E-state index in [-0.39, 0.29) is 16.5 Å². The molecule has 1 aromatic carbocycles. The number of carbonyl (C=O) groups excluding carboxylic acids is 1. The van der Waals surface area contributed by atoms with Crippen LogP contribution in [0.4, 0.5) is 0 Å². The molecule has 0 spiro atoms. The molecule has 21 heavy (non-hydrogen) atoms. The maximum Gasteiger partial charge on any atom is 0.258 e. The second-order valence-electron chi connectivity index (χ2n) is 6.22. The molecule has 0 saturated carbocycles. The van der Waals surface area contributed by atoms with Crippen LogP contribution >= 0.6 is 11.6 Å². The molecule has 1 aromatic heterocycles. The van der Waals surface area contributed by atoms with Crippen molar-refractivity contribution < 1.29 is 9.21 Å². The lowest BCUT2D eigenvalue weighted by molar-refractivity contribution is 0.0784. The van der Waals surface area contributed by atoms with Crippen molar-refractivity contribution in [3.63, 3.8) is 0 Å². The summed E-state index contributed by atoms with van der Waals surface area (Å²) in [5.74, 6) is -0.145. The zero-order chi connectivity index (χ0) is 15.6. The van der Waals surface area contributed by atoms with Gasteiger partial charge in [-0.1, -0.05) is 45.0 Å². The molecule has 0 bridgehead atoms. The molecule has 0 atom stereocenters. The summed E-state index contributed by atoms with van der Waals surface area (Å²) in [7, 11) is 1.75. The Morgan fingerprint density at radius 1 is 1.19 bits per heavy atom. The predicted octanol–water partition coefficient (Wildman–Crippen LogP) is 4.50. The molecule has 0 saturated heterocycles. The van der Waals surface area contributed by atoms with Crippen molar-refractivity contribution in [3.05, 3.63) is 58.5 Å².